The Labute approximate surface area is 171 Å². The largest absolute Gasteiger partial charge is 0.352 e. The molecule has 4 nitrogen and oxygen atoms in total. The number of nitrogens with zero attached hydrogens (tertiary/aromatic N) is 1. The molecule has 2 aliphatic heterocycles. The zero-order valence-electron chi connectivity index (χ0n) is 14.4. The van der Waals surface area contributed by atoms with Gasteiger partial charge in [0.1, 0.15) is 0 Å². The lowest BCUT2D eigenvalue weighted by atomic mass is 10.0. The van der Waals surface area contributed by atoms with E-state index in [-0.39, 0.29) is 36.8 Å². The quantitative estimate of drug-likeness (QED) is 0.734. The van der Waals surface area contributed by atoms with E-state index in [9.17, 15) is 4.79 Å². The van der Waals surface area contributed by atoms with Crippen LogP contribution in [0, 0.1) is 0 Å². The average Bonchev–Trinajstić information content (AvgIpc) is 2.59. The number of nitrogens with one attached hydrogen (secondary N) is 2. The Hall–Kier alpha value is -0.330. The Morgan fingerprint density at radius 3 is 2.40 bits per heavy atom. The number of piperidine rings is 2. The molecule has 1 atom stereocenters. The van der Waals surface area contributed by atoms with E-state index in [1.165, 1.54) is 12.0 Å². The first-order valence-corrected chi connectivity index (χ1v) is 9.50. The van der Waals surface area contributed by atoms with Crippen LogP contribution in [0.3, 0.4) is 0 Å². The van der Waals surface area contributed by atoms with Gasteiger partial charge in [-0.2, -0.15) is 0 Å². The smallest absolute Gasteiger partial charge is 0.237 e. The van der Waals surface area contributed by atoms with E-state index < -0.39 is 0 Å². The van der Waals surface area contributed by atoms with E-state index in [0.29, 0.717) is 6.04 Å². The number of likely N-dealkylation sites (tertiary alicyclic amines) is 1. The minimum atomic E-state index is 0. The molecule has 142 valence electrons. The Morgan fingerprint density at radius 1 is 1.12 bits per heavy atom. The molecule has 1 aromatic carbocycles. The average molecular weight is 453 g/mol. The predicted molar refractivity (Wildman–Crippen MR) is 111 cm³/mol. The number of carbonyl (C=O) groups is 1. The molecule has 0 saturated carbocycles. The maximum atomic E-state index is 12.3. The van der Waals surface area contributed by atoms with Crippen molar-refractivity contribution in [3.05, 3.63) is 34.3 Å². The highest BCUT2D eigenvalue weighted by Crippen LogP contribution is 2.17. The summed E-state index contributed by atoms with van der Waals surface area (Å²) >= 11 is 3.48. The van der Waals surface area contributed by atoms with Crippen molar-refractivity contribution in [3.8, 4) is 0 Å². The lowest BCUT2D eigenvalue weighted by Crippen LogP contribution is -2.52. The number of halogens is 3. The summed E-state index contributed by atoms with van der Waals surface area (Å²) in [6.45, 7) is 4.08. The summed E-state index contributed by atoms with van der Waals surface area (Å²) < 4.78 is 1.12. The van der Waals surface area contributed by atoms with Crippen LogP contribution < -0.4 is 10.6 Å². The van der Waals surface area contributed by atoms with Crippen molar-refractivity contribution in [1.29, 1.82) is 0 Å². The van der Waals surface area contributed by atoms with Crippen molar-refractivity contribution < 1.29 is 4.79 Å². The Balaban J connectivity index is 0.00000156. The third-order valence-electron chi connectivity index (χ3n) is 4.88. The third kappa shape index (κ3) is 7.06. The van der Waals surface area contributed by atoms with Crippen molar-refractivity contribution in [2.24, 2.45) is 0 Å². The summed E-state index contributed by atoms with van der Waals surface area (Å²) in [5.74, 6) is 0.205. The van der Waals surface area contributed by atoms with Crippen LogP contribution in [0.5, 0.6) is 0 Å². The highest BCUT2D eigenvalue weighted by atomic mass is 79.9. The molecule has 0 radical (unpaired) electrons. The van der Waals surface area contributed by atoms with Gasteiger partial charge in [-0.15, -0.1) is 24.8 Å². The fraction of sp³-hybridized carbons (Fsp3) is 0.611. The molecule has 7 heteroatoms. The molecule has 3 rings (SSSR count). The molecule has 0 aromatic heterocycles. The molecule has 0 bridgehead atoms. The molecule has 2 saturated heterocycles. The van der Waals surface area contributed by atoms with Crippen LogP contribution in [0.1, 0.15) is 37.7 Å². The summed E-state index contributed by atoms with van der Waals surface area (Å²) in [6, 6.07) is 8.91. The van der Waals surface area contributed by atoms with Crippen LogP contribution in [0.4, 0.5) is 0 Å². The standard InChI is InChI=1S/C18H26BrN3O.2ClH/c19-15-6-4-14(5-7-15)13-22-11-8-16(9-12-22)21-18(23)17-3-1-2-10-20-17;;/h4-7,16-17,20H,1-3,8-13H2,(H,21,23);2*1H/t17-;;/m1../s1. The second kappa shape index (κ2) is 11.4. The number of hydrogen-bond donors (Lipinski definition) is 2. The molecule has 0 aliphatic carbocycles. The molecular formula is C18H28BrCl2N3O. The van der Waals surface area contributed by atoms with E-state index >= 15 is 0 Å². The second-order valence-corrected chi connectivity index (χ2v) is 7.60. The lowest BCUT2D eigenvalue weighted by molar-refractivity contribution is -0.124. The van der Waals surface area contributed by atoms with E-state index in [1.54, 1.807) is 0 Å². The first-order chi connectivity index (χ1) is 11.2. The number of carbonyl (C=O) groups excluding carboxylic acids is 1. The van der Waals surface area contributed by atoms with Crippen LogP contribution in [-0.2, 0) is 11.3 Å². The van der Waals surface area contributed by atoms with E-state index in [0.717, 1.165) is 56.3 Å². The molecule has 2 aliphatic rings. The molecule has 25 heavy (non-hydrogen) atoms. The zero-order chi connectivity index (χ0) is 16.1. The van der Waals surface area contributed by atoms with Crippen molar-refractivity contribution in [2.75, 3.05) is 19.6 Å². The van der Waals surface area contributed by atoms with Gasteiger partial charge in [-0.05, 0) is 49.9 Å². The van der Waals surface area contributed by atoms with Gasteiger partial charge in [-0.1, -0.05) is 34.5 Å². The van der Waals surface area contributed by atoms with Crippen LogP contribution >= 0.6 is 40.7 Å². The molecule has 0 unspecified atom stereocenters. The van der Waals surface area contributed by atoms with E-state index in [1.807, 2.05) is 0 Å². The van der Waals surface area contributed by atoms with Gasteiger partial charge in [0.2, 0.25) is 5.91 Å². The Morgan fingerprint density at radius 2 is 1.80 bits per heavy atom. The molecule has 2 heterocycles. The summed E-state index contributed by atoms with van der Waals surface area (Å²) in [7, 11) is 0. The van der Waals surface area contributed by atoms with Gasteiger partial charge in [-0.3, -0.25) is 9.69 Å². The molecule has 1 aromatic rings. The summed E-state index contributed by atoms with van der Waals surface area (Å²) in [5.41, 5.74) is 1.35. The topological polar surface area (TPSA) is 44.4 Å². The van der Waals surface area contributed by atoms with Gasteiger partial charge in [-0.25, -0.2) is 0 Å². The maximum Gasteiger partial charge on any atom is 0.237 e. The highest BCUT2D eigenvalue weighted by Gasteiger charge is 2.25. The van der Waals surface area contributed by atoms with Gasteiger partial charge in [0.15, 0.2) is 0 Å². The number of benzene rings is 1. The first kappa shape index (κ1) is 22.7. The SMILES string of the molecule is Cl.Cl.O=C(NC1CCN(Cc2ccc(Br)cc2)CC1)[C@H]1CCCCN1. The van der Waals surface area contributed by atoms with Crippen LogP contribution in [0.2, 0.25) is 0 Å². The van der Waals surface area contributed by atoms with Crippen molar-refractivity contribution in [2.45, 2.75) is 50.7 Å². The second-order valence-electron chi connectivity index (χ2n) is 6.69. The Kier molecular flexibility index (Phi) is 10.4. The van der Waals surface area contributed by atoms with Gasteiger partial charge in [0.05, 0.1) is 6.04 Å². The predicted octanol–water partition coefficient (Wildman–Crippen LogP) is 3.52. The van der Waals surface area contributed by atoms with Crippen molar-refractivity contribution in [3.63, 3.8) is 0 Å². The summed E-state index contributed by atoms with van der Waals surface area (Å²) in [5, 5.41) is 6.57. The summed E-state index contributed by atoms with van der Waals surface area (Å²) in [4.78, 5) is 14.8. The summed E-state index contributed by atoms with van der Waals surface area (Å²) in [6.07, 6.45) is 5.44. The van der Waals surface area contributed by atoms with Gasteiger partial charge in [0.25, 0.3) is 0 Å². The molecule has 0 spiro atoms. The van der Waals surface area contributed by atoms with Gasteiger partial charge >= 0.3 is 0 Å². The van der Waals surface area contributed by atoms with E-state index in [4.69, 9.17) is 0 Å². The molecular weight excluding hydrogens is 425 g/mol. The number of amides is 1. The first-order valence-electron chi connectivity index (χ1n) is 8.71. The normalized spacial score (nSPS) is 21.7. The van der Waals surface area contributed by atoms with Crippen molar-refractivity contribution in [1.82, 2.24) is 15.5 Å². The minimum Gasteiger partial charge on any atom is -0.352 e. The molecule has 2 N–H and O–H groups in total. The highest BCUT2D eigenvalue weighted by molar-refractivity contribution is 9.10. The zero-order valence-corrected chi connectivity index (χ0v) is 17.6. The van der Waals surface area contributed by atoms with Gasteiger partial charge < -0.3 is 10.6 Å². The van der Waals surface area contributed by atoms with Crippen LogP contribution in [0.25, 0.3) is 0 Å². The van der Waals surface area contributed by atoms with Crippen LogP contribution in [0.15, 0.2) is 28.7 Å². The van der Waals surface area contributed by atoms with E-state index in [2.05, 4.69) is 55.7 Å². The fourth-order valence-electron chi connectivity index (χ4n) is 3.46. The molecule has 1 amide bonds. The third-order valence-corrected chi connectivity index (χ3v) is 5.41. The Bertz CT molecular complexity index is 516. The molecule has 2 fully saturated rings. The maximum absolute atomic E-state index is 12.3. The van der Waals surface area contributed by atoms with Crippen molar-refractivity contribution >= 4 is 46.7 Å². The fourth-order valence-corrected chi connectivity index (χ4v) is 3.73. The number of rotatable bonds is 4. The van der Waals surface area contributed by atoms with Gasteiger partial charge in [0, 0.05) is 30.1 Å². The van der Waals surface area contributed by atoms with Crippen LogP contribution in [-0.4, -0.2) is 42.5 Å². The lowest BCUT2D eigenvalue weighted by Gasteiger charge is -2.33. The monoisotopic (exact) mass is 451 g/mol. The minimum absolute atomic E-state index is 0. The number of hydrogen-bond acceptors (Lipinski definition) is 3.